The van der Waals surface area contributed by atoms with Crippen LogP contribution in [0.5, 0.6) is 0 Å². The third kappa shape index (κ3) is 5.63. The minimum atomic E-state index is -4.15. The Morgan fingerprint density at radius 2 is 1.84 bits per heavy atom. The van der Waals surface area contributed by atoms with E-state index in [9.17, 15) is 21.6 Å². The summed E-state index contributed by atoms with van der Waals surface area (Å²) in [5, 5.41) is 5.13. The zero-order valence-electron chi connectivity index (χ0n) is 16.7. The summed E-state index contributed by atoms with van der Waals surface area (Å²) in [6, 6.07) is 4.96. The molecule has 0 heterocycles. The standard InChI is InChI=1S/C20H22F3IN4O2S/c1-3-4-7-20(8-9-20)28-31(29,30)27-18-16(25-2)11-14(22)17(23)19(18)26-15-6-5-12(24)10-13(15)21/h3,5-6,10-11,25-28H,1,4,7-9H2,2H3. The van der Waals surface area contributed by atoms with Gasteiger partial charge in [-0.05, 0) is 66.5 Å². The average Bonchev–Trinajstić information content (AvgIpc) is 3.45. The van der Waals surface area contributed by atoms with E-state index >= 15 is 0 Å². The highest BCUT2D eigenvalue weighted by molar-refractivity contribution is 14.1. The van der Waals surface area contributed by atoms with Crippen molar-refractivity contribution in [2.24, 2.45) is 0 Å². The van der Waals surface area contributed by atoms with Crippen LogP contribution >= 0.6 is 22.6 Å². The Kier molecular flexibility index (Phi) is 7.06. The van der Waals surface area contributed by atoms with Gasteiger partial charge in [-0.1, -0.05) is 6.08 Å². The smallest absolute Gasteiger partial charge is 0.299 e. The van der Waals surface area contributed by atoms with Gasteiger partial charge in [0, 0.05) is 22.2 Å². The van der Waals surface area contributed by atoms with Crippen LogP contribution < -0.4 is 20.1 Å². The molecule has 1 saturated carbocycles. The van der Waals surface area contributed by atoms with Gasteiger partial charge < -0.3 is 10.6 Å². The molecule has 0 aromatic heterocycles. The summed E-state index contributed by atoms with van der Waals surface area (Å²) < 4.78 is 74.3. The molecule has 168 valence electrons. The molecule has 4 N–H and O–H groups in total. The molecule has 6 nitrogen and oxygen atoms in total. The summed E-state index contributed by atoms with van der Waals surface area (Å²) >= 11 is 1.91. The number of anilines is 4. The second kappa shape index (κ2) is 9.25. The Balaban J connectivity index is 1.98. The van der Waals surface area contributed by atoms with Gasteiger partial charge in [-0.2, -0.15) is 13.1 Å². The molecule has 0 radical (unpaired) electrons. The Morgan fingerprint density at radius 1 is 1.13 bits per heavy atom. The van der Waals surface area contributed by atoms with E-state index in [4.69, 9.17) is 0 Å². The Morgan fingerprint density at radius 3 is 2.42 bits per heavy atom. The van der Waals surface area contributed by atoms with Crippen molar-refractivity contribution in [2.75, 3.05) is 22.4 Å². The lowest BCUT2D eigenvalue weighted by molar-refractivity contribution is 0.512. The van der Waals surface area contributed by atoms with E-state index in [1.54, 1.807) is 12.1 Å². The monoisotopic (exact) mass is 566 g/mol. The molecule has 2 aromatic carbocycles. The summed E-state index contributed by atoms with van der Waals surface area (Å²) in [7, 11) is -2.72. The molecule has 3 rings (SSSR count). The molecular formula is C20H22F3IN4O2S. The zero-order valence-corrected chi connectivity index (χ0v) is 19.6. The van der Waals surface area contributed by atoms with Crippen LogP contribution in [0, 0.1) is 21.0 Å². The maximum Gasteiger partial charge on any atom is 0.299 e. The van der Waals surface area contributed by atoms with Crippen molar-refractivity contribution in [3.8, 4) is 0 Å². The molecule has 0 bridgehead atoms. The van der Waals surface area contributed by atoms with E-state index in [1.807, 2.05) is 22.6 Å². The molecule has 11 heteroatoms. The molecule has 0 amide bonds. The Bertz CT molecular complexity index is 1110. The van der Waals surface area contributed by atoms with Gasteiger partial charge in [0.05, 0.1) is 17.1 Å². The van der Waals surface area contributed by atoms with Gasteiger partial charge in [-0.15, -0.1) is 6.58 Å². The number of nitrogens with one attached hydrogen (secondary N) is 4. The molecule has 1 fully saturated rings. The lowest BCUT2D eigenvalue weighted by atomic mass is 10.1. The normalized spacial score (nSPS) is 14.7. The van der Waals surface area contributed by atoms with Crippen LogP contribution in [-0.4, -0.2) is 21.0 Å². The van der Waals surface area contributed by atoms with Crippen LogP contribution in [-0.2, 0) is 10.2 Å². The maximum absolute atomic E-state index is 14.7. The van der Waals surface area contributed by atoms with E-state index in [0.717, 1.165) is 6.07 Å². The lowest BCUT2D eigenvalue weighted by Gasteiger charge is -2.22. The van der Waals surface area contributed by atoms with Crippen molar-refractivity contribution in [3.05, 3.63) is 57.9 Å². The topological polar surface area (TPSA) is 82.3 Å². The van der Waals surface area contributed by atoms with Crippen molar-refractivity contribution >= 4 is 55.5 Å². The Labute approximate surface area is 193 Å². The van der Waals surface area contributed by atoms with Gasteiger partial charge in [0.15, 0.2) is 11.6 Å². The average molecular weight is 566 g/mol. The Hall–Kier alpha value is -1.99. The van der Waals surface area contributed by atoms with E-state index in [0.29, 0.717) is 29.3 Å². The summed E-state index contributed by atoms with van der Waals surface area (Å²) in [4.78, 5) is 0. The summed E-state index contributed by atoms with van der Waals surface area (Å²) in [6.07, 6.45) is 4.24. The third-order valence-electron chi connectivity index (χ3n) is 4.95. The van der Waals surface area contributed by atoms with Crippen LogP contribution in [0.3, 0.4) is 0 Å². The largest absolute Gasteiger partial charge is 0.386 e. The molecular weight excluding hydrogens is 544 g/mol. The molecule has 0 saturated heterocycles. The van der Waals surface area contributed by atoms with Gasteiger partial charge in [-0.3, -0.25) is 4.72 Å². The summed E-state index contributed by atoms with van der Waals surface area (Å²) in [5.74, 6) is -3.27. The lowest BCUT2D eigenvalue weighted by Crippen LogP contribution is -2.40. The number of hydrogen-bond donors (Lipinski definition) is 4. The number of allylic oxidation sites excluding steroid dienone is 1. The maximum atomic E-state index is 14.7. The number of hydrogen-bond acceptors (Lipinski definition) is 4. The molecule has 0 atom stereocenters. The van der Waals surface area contributed by atoms with Crippen molar-refractivity contribution in [1.82, 2.24) is 4.72 Å². The fraction of sp³-hybridized carbons (Fsp3) is 0.300. The van der Waals surface area contributed by atoms with Gasteiger partial charge in [0.2, 0.25) is 0 Å². The molecule has 0 unspecified atom stereocenters. The molecule has 0 spiro atoms. The SMILES string of the molecule is C=CCCC1(NS(=O)(=O)Nc2c(NC)cc(F)c(F)c2Nc2ccc(I)cc2F)CC1. The molecule has 2 aromatic rings. The second-order valence-electron chi connectivity index (χ2n) is 7.28. The minimum Gasteiger partial charge on any atom is -0.386 e. The van der Waals surface area contributed by atoms with E-state index in [2.05, 4.69) is 26.7 Å². The fourth-order valence-corrected chi connectivity index (χ4v) is 5.01. The third-order valence-corrected chi connectivity index (χ3v) is 6.79. The summed E-state index contributed by atoms with van der Waals surface area (Å²) in [6.45, 7) is 3.64. The quantitative estimate of drug-likeness (QED) is 0.234. The molecule has 1 aliphatic carbocycles. The first kappa shape index (κ1) is 23.7. The highest BCUT2D eigenvalue weighted by atomic mass is 127. The first-order valence-electron chi connectivity index (χ1n) is 9.44. The van der Waals surface area contributed by atoms with Gasteiger partial charge in [-0.25, -0.2) is 13.2 Å². The van der Waals surface area contributed by atoms with E-state index < -0.39 is 38.9 Å². The van der Waals surface area contributed by atoms with Crippen molar-refractivity contribution in [3.63, 3.8) is 0 Å². The van der Waals surface area contributed by atoms with Crippen LogP contribution in [0.4, 0.5) is 35.9 Å². The second-order valence-corrected chi connectivity index (χ2v) is 9.95. The highest BCUT2D eigenvalue weighted by Crippen LogP contribution is 2.42. The molecule has 1 aliphatic rings. The predicted octanol–water partition coefficient (Wildman–Crippen LogP) is 5.24. The van der Waals surface area contributed by atoms with Crippen molar-refractivity contribution in [2.45, 2.75) is 31.2 Å². The van der Waals surface area contributed by atoms with Gasteiger partial charge in [0.1, 0.15) is 11.5 Å². The van der Waals surface area contributed by atoms with Crippen molar-refractivity contribution < 1.29 is 21.6 Å². The fourth-order valence-electron chi connectivity index (χ4n) is 3.15. The highest BCUT2D eigenvalue weighted by Gasteiger charge is 2.45. The summed E-state index contributed by atoms with van der Waals surface area (Å²) in [5.41, 5.74) is -1.55. The number of halogens is 4. The number of rotatable bonds is 10. The van der Waals surface area contributed by atoms with Crippen LogP contribution in [0.15, 0.2) is 36.9 Å². The number of benzene rings is 2. The molecule has 0 aliphatic heterocycles. The van der Waals surface area contributed by atoms with Crippen LogP contribution in [0.1, 0.15) is 25.7 Å². The molecule has 31 heavy (non-hydrogen) atoms. The first-order valence-corrected chi connectivity index (χ1v) is 12.0. The van der Waals surface area contributed by atoms with E-state index in [-0.39, 0.29) is 17.1 Å². The predicted molar refractivity (Wildman–Crippen MR) is 125 cm³/mol. The van der Waals surface area contributed by atoms with Gasteiger partial charge in [0.25, 0.3) is 10.2 Å². The van der Waals surface area contributed by atoms with Crippen LogP contribution in [0.25, 0.3) is 0 Å². The van der Waals surface area contributed by atoms with Crippen LogP contribution in [0.2, 0.25) is 0 Å². The zero-order chi connectivity index (χ0) is 22.8. The van der Waals surface area contributed by atoms with E-state index in [1.165, 1.54) is 19.2 Å². The minimum absolute atomic E-state index is 0.0198. The van der Waals surface area contributed by atoms with Gasteiger partial charge >= 0.3 is 0 Å². The first-order chi connectivity index (χ1) is 14.6. The van der Waals surface area contributed by atoms with Crippen molar-refractivity contribution in [1.29, 1.82) is 0 Å².